The molecule has 0 aliphatic carbocycles. The van der Waals surface area contributed by atoms with Gasteiger partial charge in [-0.1, -0.05) is 6.07 Å². The van der Waals surface area contributed by atoms with E-state index < -0.39 is 0 Å². The molecule has 0 bridgehead atoms. The molecular weight excluding hydrogens is 322 g/mol. The minimum atomic E-state index is -0.242. The van der Waals surface area contributed by atoms with Crippen molar-refractivity contribution in [1.29, 1.82) is 0 Å². The van der Waals surface area contributed by atoms with Crippen LogP contribution >= 0.6 is 0 Å². The van der Waals surface area contributed by atoms with Gasteiger partial charge in [0.05, 0.1) is 26.5 Å². The molecule has 2 N–H and O–H groups in total. The summed E-state index contributed by atoms with van der Waals surface area (Å²) in [6.45, 7) is 0.831. The number of hydrogen-bond acceptors (Lipinski definition) is 5. The number of rotatable bonds is 8. The van der Waals surface area contributed by atoms with E-state index in [-0.39, 0.29) is 12.1 Å². The molecule has 0 aliphatic heterocycles. The molecule has 0 saturated carbocycles. The summed E-state index contributed by atoms with van der Waals surface area (Å²) in [5, 5.41) is 5.70. The molecule has 7 heteroatoms. The molecule has 0 fully saturated rings. The number of likely N-dealkylation sites (N-methyl/N-ethyl adjacent to an activating group) is 1. The van der Waals surface area contributed by atoms with E-state index in [0.29, 0.717) is 24.6 Å². The highest BCUT2D eigenvalue weighted by atomic mass is 16.5. The number of methoxy groups -OCH3 is 2. The van der Waals surface area contributed by atoms with Crippen LogP contribution in [0.4, 0.5) is 4.79 Å². The Labute approximate surface area is 147 Å². The highest BCUT2D eigenvalue weighted by molar-refractivity contribution is 5.73. The zero-order valence-electron chi connectivity index (χ0n) is 15.0. The molecule has 25 heavy (non-hydrogen) atoms. The van der Waals surface area contributed by atoms with E-state index in [0.717, 1.165) is 11.3 Å². The third kappa shape index (κ3) is 5.15. The molecule has 1 aromatic carbocycles. The number of carbonyl (C=O) groups excluding carboxylic acids is 1. The molecule has 0 aliphatic rings. The standard InChI is InChI=1S/C18H25N3O4/c1-21(2)14(15-6-5-9-25-15)12-20-18(22)19-11-13-7-8-16(23-3)17(10-13)24-4/h5-10,14H,11-12H2,1-4H3,(H2,19,20,22). The minimum absolute atomic E-state index is 0.0261. The summed E-state index contributed by atoms with van der Waals surface area (Å²) in [5.74, 6) is 2.10. The Morgan fingerprint density at radius 3 is 2.52 bits per heavy atom. The lowest BCUT2D eigenvalue weighted by atomic mass is 10.2. The first-order valence-electron chi connectivity index (χ1n) is 7.97. The van der Waals surface area contributed by atoms with Gasteiger partial charge in [0.1, 0.15) is 5.76 Å². The fraction of sp³-hybridized carbons (Fsp3) is 0.389. The van der Waals surface area contributed by atoms with Crippen LogP contribution in [0.5, 0.6) is 11.5 Å². The van der Waals surface area contributed by atoms with E-state index in [4.69, 9.17) is 13.9 Å². The Hall–Kier alpha value is -2.67. The molecule has 136 valence electrons. The van der Waals surface area contributed by atoms with Crippen LogP contribution in [0, 0.1) is 0 Å². The number of furan rings is 1. The Balaban J connectivity index is 1.86. The highest BCUT2D eigenvalue weighted by Gasteiger charge is 2.17. The lowest BCUT2D eigenvalue weighted by Gasteiger charge is -2.22. The molecule has 0 radical (unpaired) electrons. The maximum absolute atomic E-state index is 12.1. The van der Waals surface area contributed by atoms with Crippen molar-refractivity contribution in [3.63, 3.8) is 0 Å². The van der Waals surface area contributed by atoms with Crippen LogP contribution in [0.3, 0.4) is 0 Å². The van der Waals surface area contributed by atoms with Gasteiger partial charge in [-0.25, -0.2) is 4.79 Å². The summed E-state index contributed by atoms with van der Waals surface area (Å²) < 4.78 is 15.9. The van der Waals surface area contributed by atoms with Gasteiger partial charge < -0.3 is 24.5 Å². The predicted octanol–water partition coefficient (Wildman–Crippen LogP) is 2.40. The molecule has 2 amide bonds. The van der Waals surface area contributed by atoms with Crippen molar-refractivity contribution in [2.45, 2.75) is 12.6 Å². The van der Waals surface area contributed by atoms with Crippen molar-refractivity contribution in [3.8, 4) is 11.5 Å². The summed E-state index contributed by atoms with van der Waals surface area (Å²) in [4.78, 5) is 14.1. The van der Waals surface area contributed by atoms with Gasteiger partial charge in [0.2, 0.25) is 0 Å². The van der Waals surface area contributed by atoms with Crippen LogP contribution in [0.25, 0.3) is 0 Å². The maximum atomic E-state index is 12.1. The van der Waals surface area contributed by atoms with Crippen molar-refractivity contribution in [1.82, 2.24) is 15.5 Å². The van der Waals surface area contributed by atoms with Crippen LogP contribution in [0.15, 0.2) is 41.0 Å². The summed E-state index contributed by atoms with van der Waals surface area (Å²) in [7, 11) is 7.05. The molecular formula is C18H25N3O4. The Morgan fingerprint density at radius 1 is 1.16 bits per heavy atom. The van der Waals surface area contributed by atoms with Crippen LogP contribution in [0.2, 0.25) is 0 Å². The number of ether oxygens (including phenoxy) is 2. The van der Waals surface area contributed by atoms with Gasteiger partial charge in [-0.2, -0.15) is 0 Å². The monoisotopic (exact) mass is 347 g/mol. The largest absolute Gasteiger partial charge is 0.493 e. The number of amides is 2. The van der Waals surface area contributed by atoms with Crippen LogP contribution in [-0.4, -0.2) is 45.8 Å². The number of benzene rings is 1. The Morgan fingerprint density at radius 2 is 1.92 bits per heavy atom. The molecule has 0 spiro atoms. The molecule has 2 rings (SSSR count). The van der Waals surface area contributed by atoms with Gasteiger partial charge >= 0.3 is 6.03 Å². The quantitative estimate of drug-likeness (QED) is 0.767. The lowest BCUT2D eigenvalue weighted by molar-refractivity contribution is 0.225. The van der Waals surface area contributed by atoms with Crippen molar-refractivity contribution in [3.05, 3.63) is 47.9 Å². The van der Waals surface area contributed by atoms with Gasteiger partial charge in [-0.3, -0.25) is 4.90 Å². The van der Waals surface area contributed by atoms with Crippen molar-refractivity contribution in [2.24, 2.45) is 0 Å². The Kier molecular flexibility index (Phi) is 6.71. The maximum Gasteiger partial charge on any atom is 0.315 e. The van der Waals surface area contributed by atoms with Gasteiger partial charge in [-0.15, -0.1) is 0 Å². The number of nitrogens with zero attached hydrogens (tertiary/aromatic N) is 1. The van der Waals surface area contributed by atoms with Crippen LogP contribution < -0.4 is 20.1 Å². The molecule has 7 nitrogen and oxygen atoms in total. The molecule has 0 saturated heterocycles. The average Bonchev–Trinajstić information content (AvgIpc) is 3.13. The SMILES string of the molecule is COc1ccc(CNC(=O)NCC(c2ccco2)N(C)C)cc1OC. The first-order valence-corrected chi connectivity index (χ1v) is 7.97. The van der Waals surface area contributed by atoms with Gasteiger partial charge in [0.15, 0.2) is 11.5 Å². The number of nitrogens with one attached hydrogen (secondary N) is 2. The van der Waals surface area contributed by atoms with Gasteiger partial charge in [0, 0.05) is 13.1 Å². The fourth-order valence-corrected chi connectivity index (χ4v) is 2.44. The Bertz CT molecular complexity index is 671. The molecule has 1 atom stereocenters. The van der Waals surface area contributed by atoms with E-state index >= 15 is 0 Å². The predicted molar refractivity (Wildman–Crippen MR) is 94.9 cm³/mol. The van der Waals surface area contributed by atoms with Crippen LogP contribution in [-0.2, 0) is 6.54 Å². The smallest absolute Gasteiger partial charge is 0.315 e. The second-order valence-electron chi connectivity index (χ2n) is 5.75. The van der Waals surface area contributed by atoms with E-state index in [9.17, 15) is 4.79 Å². The van der Waals surface area contributed by atoms with Gasteiger partial charge in [0.25, 0.3) is 0 Å². The van der Waals surface area contributed by atoms with E-state index in [1.807, 2.05) is 49.3 Å². The lowest BCUT2D eigenvalue weighted by Crippen LogP contribution is -2.40. The van der Waals surface area contributed by atoms with Crippen LogP contribution in [0.1, 0.15) is 17.4 Å². The molecule has 1 heterocycles. The topological polar surface area (TPSA) is 76.0 Å². The fourth-order valence-electron chi connectivity index (χ4n) is 2.44. The van der Waals surface area contributed by atoms with Crippen molar-refractivity contribution < 1.29 is 18.7 Å². The van der Waals surface area contributed by atoms with Crippen molar-refractivity contribution >= 4 is 6.03 Å². The molecule has 1 unspecified atom stereocenters. The first-order chi connectivity index (χ1) is 12.0. The van der Waals surface area contributed by atoms with E-state index in [1.165, 1.54) is 0 Å². The average molecular weight is 347 g/mol. The number of carbonyl (C=O) groups is 1. The summed E-state index contributed by atoms with van der Waals surface area (Å²) in [6.07, 6.45) is 1.63. The summed E-state index contributed by atoms with van der Waals surface area (Å²) in [5.41, 5.74) is 0.919. The van der Waals surface area contributed by atoms with Gasteiger partial charge in [-0.05, 0) is 43.9 Å². The second kappa shape index (κ2) is 8.98. The normalized spacial score (nSPS) is 11.9. The zero-order chi connectivity index (χ0) is 18.2. The highest BCUT2D eigenvalue weighted by Crippen LogP contribution is 2.27. The third-order valence-corrected chi connectivity index (χ3v) is 3.85. The number of urea groups is 1. The summed E-state index contributed by atoms with van der Waals surface area (Å²) >= 11 is 0. The third-order valence-electron chi connectivity index (χ3n) is 3.85. The minimum Gasteiger partial charge on any atom is -0.493 e. The van der Waals surface area contributed by atoms with E-state index in [1.54, 1.807) is 20.5 Å². The molecule has 2 aromatic rings. The molecule has 1 aromatic heterocycles. The zero-order valence-corrected chi connectivity index (χ0v) is 15.0. The van der Waals surface area contributed by atoms with E-state index in [2.05, 4.69) is 10.6 Å². The number of hydrogen-bond donors (Lipinski definition) is 2. The second-order valence-corrected chi connectivity index (χ2v) is 5.75. The van der Waals surface area contributed by atoms with Crippen molar-refractivity contribution in [2.75, 3.05) is 34.9 Å². The summed E-state index contributed by atoms with van der Waals surface area (Å²) in [6, 6.07) is 9.00. The first kappa shape index (κ1) is 18.7.